The van der Waals surface area contributed by atoms with Crippen LogP contribution in [0.25, 0.3) is 0 Å². The summed E-state index contributed by atoms with van der Waals surface area (Å²) < 4.78 is 1.76. The van der Waals surface area contributed by atoms with Crippen molar-refractivity contribution in [2.75, 3.05) is 0 Å². The molecule has 0 unspecified atom stereocenters. The van der Waals surface area contributed by atoms with Gasteiger partial charge in [-0.25, -0.2) is 0 Å². The molecule has 0 amide bonds. The van der Waals surface area contributed by atoms with Gasteiger partial charge in [-0.3, -0.25) is 0 Å². The van der Waals surface area contributed by atoms with Gasteiger partial charge in [0.1, 0.15) is 0 Å². The maximum absolute atomic E-state index is 2.55. The summed E-state index contributed by atoms with van der Waals surface area (Å²) in [4.78, 5) is 0. The summed E-state index contributed by atoms with van der Waals surface area (Å²) in [5.41, 5.74) is 1.79. The van der Waals surface area contributed by atoms with Gasteiger partial charge in [-0.05, 0) is 0 Å². The van der Waals surface area contributed by atoms with Crippen LogP contribution in [0.15, 0.2) is 30.3 Å². The van der Waals surface area contributed by atoms with Crippen LogP contribution >= 0.6 is 12.4 Å². The molecular weight excluding hydrogens is 360 g/mol. The van der Waals surface area contributed by atoms with Gasteiger partial charge >= 0.3 is 20.4 Å². The first-order chi connectivity index (χ1) is 12.9. The molecule has 27 heavy (non-hydrogen) atoms. The Morgan fingerprint density at radius 3 is 1.52 bits per heavy atom. The van der Waals surface area contributed by atoms with E-state index >= 15 is 0 Å². The monoisotopic (exact) mass is 398 g/mol. The third kappa shape index (κ3) is 5.07. The molecule has 0 atom stereocenters. The summed E-state index contributed by atoms with van der Waals surface area (Å²) in [7, 11) is 0. The molecule has 0 heterocycles. The SMILES string of the molecule is Cl.c1ccc([C]([Mg][CH]2CCCCC2)(C2CCCCC2)C2CCCCC2)cc1. The molecule has 0 spiro atoms. The molecule has 3 saturated carbocycles. The number of benzene rings is 1. The molecule has 0 bridgehead atoms. The van der Waals surface area contributed by atoms with E-state index in [1.165, 1.54) is 83.5 Å². The van der Waals surface area contributed by atoms with Crippen molar-refractivity contribution in [2.45, 2.75) is 104 Å². The van der Waals surface area contributed by atoms with Gasteiger partial charge < -0.3 is 0 Å². The lowest BCUT2D eigenvalue weighted by molar-refractivity contribution is 0.163. The molecule has 1 aromatic rings. The average molecular weight is 399 g/mol. The first-order valence-corrected chi connectivity index (χ1v) is 13.5. The highest BCUT2D eigenvalue weighted by Gasteiger charge is 2.48. The molecule has 3 fully saturated rings. The summed E-state index contributed by atoms with van der Waals surface area (Å²) in [6.07, 6.45) is 22.8. The maximum atomic E-state index is 2.55. The summed E-state index contributed by atoms with van der Waals surface area (Å²) in [6, 6.07) is 12.1. The maximum Gasteiger partial charge on any atom is 0.386 e. The highest BCUT2D eigenvalue weighted by molar-refractivity contribution is 6.42. The Bertz CT molecular complexity index is 507. The highest BCUT2D eigenvalue weighted by atomic mass is 35.5. The zero-order chi connectivity index (χ0) is 17.7. The van der Waals surface area contributed by atoms with Crippen molar-refractivity contribution in [1.29, 1.82) is 0 Å². The van der Waals surface area contributed by atoms with E-state index in [9.17, 15) is 0 Å². The zero-order valence-electron chi connectivity index (χ0n) is 17.3. The second-order valence-electron chi connectivity index (χ2n) is 9.78. The summed E-state index contributed by atoms with van der Waals surface area (Å²) >= 11 is -0.115. The van der Waals surface area contributed by atoms with Gasteiger partial charge in [-0.2, -0.15) is 0 Å². The van der Waals surface area contributed by atoms with E-state index in [-0.39, 0.29) is 32.8 Å². The molecule has 148 valence electrons. The minimum Gasteiger partial charge on any atom is -0.147 e. The van der Waals surface area contributed by atoms with E-state index < -0.39 is 0 Å². The third-order valence-corrected chi connectivity index (χ3v) is 12.0. The van der Waals surface area contributed by atoms with E-state index in [1.807, 2.05) is 0 Å². The largest absolute Gasteiger partial charge is 0.386 e. The Morgan fingerprint density at radius 1 is 0.593 bits per heavy atom. The van der Waals surface area contributed by atoms with Crippen LogP contribution < -0.4 is 0 Å². The van der Waals surface area contributed by atoms with Crippen LogP contribution in [0.1, 0.15) is 102 Å². The van der Waals surface area contributed by atoms with Crippen LogP contribution in [0.2, 0.25) is 4.05 Å². The fourth-order valence-electron chi connectivity index (χ4n) is 7.11. The molecule has 0 aromatic heterocycles. The smallest absolute Gasteiger partial charge is 0.147 e. The molecule has 0 aliphatic heterocycles. The van der Waals surface area contributed by atoms with Gasteiger partial charge in [0, 0.05) is 0 Å². The lowest BCUT2D eigenvalue weighted by atomic mass is 9.65. The fourth-order valence-corrected chi connectivity index (χ4v) is 11.0. The highest BCUT2D eigenvalue weighted by Crippen LogP contribution is 2.52. The molecule has 1 aromatic carbocycles. The van der Waals surface area contributed by atoms with E-state index in [0.717, 1.165) is 15.9 Å². The summed E-state index contributed by atoms with van der Waals surface area (Å²) in [6.45, 7) is 0. The number of hydrogen-bond donors (Lipinski definition) is 0. The first-order valence-electron chi connectivity index (χ1n) is 11.9. The van der Waals surface area contributed by atoms with E-state index in [0.29, 0.717) is 3.54 Å². The van der Waals surface area contributed by atoms with Crippen molar-refractivity contribution in [3.63, 3.8) is 0 Å². The minimum atomic E-state index is -0.115. The van der Waals surface area contributed by atoms with Crippen molar-refractivity contribution in [1.82, 2.24) is 0 Å². The van der Waals surface area contributed by atoms with Crippen molar-refractivity contribution >= 4 is 32.8 Å². The van der Waals surface area contributed by atoms with Crippen LogP contribution in [0.5, 0.6) is 0 Å². The number of halogens is 1. The predicted molar refractivity (Wildman–Crippen MR) is 121 cm³/mol. The molecule has 2 heteroatoms. The van der Waals surface area contributed by atoms with Gasteiger partial charge in [-0.1, -0.05) is 148 Å². The van der Waals surface area contributed by atoms with Gasteiger partial charge in [0.15, 0.2) is 0 Å². The minimum absolute atomic E-state index is 0. The predicted octanol–water partition coefficient (Wildman–Crippen LogP) is 7.92. The van der Waals surface area contributed by atoms with Crippen LogP contribution in [0.3, 0.4) is 0 Å². The van der Waals surface area contributed by atoms with Gasteiger partial charge in [-0.15, -0.1) is 16.5 Å². The number of hydrogen-bond acceptors (Lipinski definition) is 0. The van der Waals surface area contributed by atoms with Crippen LogP contribution in [0, 0.1) is 11.8 Å². The first kappa shape index (κ1) is 22.0. The molecule has 0 N–H and O–H groups in total. The molecule has 0 radical (unpaired) electrons. The molecule has 3 aliphatic rings. The standard InChI is InChI=1S/C19H27.C6H11.ClH.Mg/c1-4-10-16(11-5-1)19(17-12-6-2-7-13-17)18-14-8-3-9-15-18;1-2-4-6-5-3-1;;/h1,4-5,10-11,17-18H,2-3,6-9,12-15H2;1H,2-6H2;1H;. The molecule has 0 saturated heterocycles. The van der Waals surface area contributed by atoms with Gasteiger partial charge in [0.25, 0.3) is 0 Å². The molecule has 4 rings (SSSR count). The van der Waals surface area contributed by atoms with Crippen molar-refractivity contribution < 1.29 is 0 Å². The topological polar surface area (TPSA) is 0 Å². The Hall–Kier alpha value is 0.276. The van der Waals surface area contributed by atoms with Crippen LogP contribution in [-0.2, 0) is 3.54 Å². The Morgan fingerprint density at radius 2 is 1.04 bits per heavy atom. The van der Waals surface area contributed by atoms with Crippen molar-refractivity contribution in [3.05, 3.63) is 35.9 Å². The summed E-state index contributed by atoms with van der Waals surface area (Å²) in [5, 5.41) is 0. The van der Waals surface area contributed by atoms with E-state index in [4.69, 9.17) is 0 Å². The van der Waals surface area contributed by atoms with Crippen LogP contribution in [0.4, 0.5) is 0 Å². The average Bonchev–Trinajstić information content (AvgIpc) is 2.75. The van der Waals surface area contributed by atoms with Gasteiger partial charge in [0.2, 0.25) is 0 Å². The quantitative estimate of drug-likeness (QED) is 0.441. The molecule has 0 nitrogen and oxygen atoms in total. The zero-order valence-corrected chi connectivity index (χ0v) is 19.6. The van der Waals surface area contributed by atoms with Crippen molar-refractivity contribution in [2.24, 2.45) is 11.8 Å². The lowest BCUT2D eigenvalue weighted by Gasteiger charge is -2.53. The van der Waals surface area contributed by atoms with Crippen LogP contribution in [-0.4, -0.2) is 20.4 Å². The Labute approximate surface area is 183 Å². The van der Waals surface area contributed by atoms with Crippen molar-refractivity contribution in [3.8, 4) is 0 Å². The summed E-state index contributed by atoms with van der Waals surface area (Å²) in [5.74, 6) is 2.02. The Kier molecular flexibility index (Phi) is 8.86. The third-order valence-electron chi connectivity index (χ3n) is 8.33. The number of rotatable bonds is 5. The van der Waals surface area contributed by atoms with E-state index in [1.54, 1.807) is 18.4 Å². The second-order valence-corrected chi connectivity index (χ2v) is 12.5. The van der Waals surface area contributed by atoms with Gasteiger partial charge in [0.05, 0.1) is 0 Å². The fraction of sp³-hybridized carbons (Fsp3) is 0.760. The lowest BCUT2D eigenvalue weighted by Crippen LogP contribution is -2.50. The normalized spacial score (nSPS) is 23.4. The molecule has 3 aliphatic carbocycles. The van der Waals surface area contributed by atoms with E-state index in [2.05, 4.69) is 30.3 Å². The molecular formula is C25H39ClMg. The Balaban J connectivity index is 0.00000210. The second kappa shape index (κ2) is 10.9.